The van der Waals surface area contributed by atoms with Crippen molar-refractivity contribution >= 4 is 23.0 Å². The number of hydrogen-bond acceptors (Lipinski definition) is 3. The van der Waals surface area contributed by atoms with Crippen LogP contribution in [0, 0.1) is 6.92 Å². The molecule has 1 amide bonds. The van der Waals surface area contributed by atoms with Crippen LogP contribution in [0.4, 0.5) is 0 Å². The molecule has 0 bridgehead atoms. The smallest absolute Gasteiger partial charge is 0.242 e. The third kappa shape index (κ3) is 2.76. The van der Waals surface area contributed by atoms with Crippen LogP contribution in [0.5, 0.6) is 0 Å². The van der Waals surface area contributed by atoms with E-state index in [0.717, 1.165) is 22.6 Å². The van der Waals surface area contributed by atoms with Crippen LogP contribution >= 0.6 is 11.3 Å². The topological polar surface area (TPSA) is 32.7 Å². The van der Waals surface area contributed by atoms with E-state index in [-0.39, 0.29) is 11.9 Å². The average molecular weight is 298 g/mol. The normalized spacial score (nSPS) is 17.9. The fourth-order valence-electron chi connectivity index (χ4n) is 2.54. The Kier molecular flexibility index (Phi) is 3.88. The van der Waals surface area contributed by atoms with Crippen molar-refractivity contribution in [3.8, 4) is 0 Å². The molecule has 1 atom stereocenters. The summed E-state index contributed by atoms with van der Waals surface area (Å²) >= 11 is 1.67. The molecule has 0 fully saturated rings. The van der Waals surface area contributed by atoms with Gasteiger partial charge in [0.1, 0.15) is 0 Å². The van der Waals surface area contributed by atoms with Crippen LogP contribution in [0.15, 0.2) is 46.9 Å². The van der Waals surface area contributed by atoms with Crippen molar-refractivity contribution in [2.24, 2.45) is 5.10 Å². The van der Waals surface area contributed by atoms with Gasteiger partial charge < -0.3 is 0 Å². The molecule has 4 heteroatoms. The first-order valence-electron chi connectivity index (χ1n) is 7.19. The van der Waals surface area contributed by atoms with Crippen molar-refractivity contribution in [3.05, 3.63) is 57.8 Å². The van der Waals surface area contributed by atoms with Crippen LogP contribution < -0.4 is 0 Å². The third-order valence-electron chi connectivity index (χ3n) is 3.74. The van der Waals surface area contributed by atoms with E-state index in [2.05, 4.69) is 42.4 Å². The number of carbonyl (C=O) groups excluding carboxylic acids is 1. The predicted octanol–water partition coefficient (Wildman–Crippen LogP) is 4.14. The van der Waals surface area contributed by atoms with E-state index < -0.39 is 0 Å². The maximum atomic E-state index is 12.2. The van der Waals surface area contributed by atoms with Crippen molar-refractivity contribution in [2.45, 2.75) is 32.7 Å². The lowest BCUT2D eigenvalue weighted by molar-refractivity contribution is -0.132. The van der Waals surface area contributed by atoms with Gasteiger partial charge in [-0.05, 0) is 23.9 Å². The molecule has 1 aliphatic rings. The van der Waals surface area contributed by atoms with Gasteiger partial charge >= 0.3 is 0 Å². The maximum Gasteiger partial charge on any atom is 0.242 e. The molecule has 3 rings (SSSR count). The molecule has 0 N–H and O–H groups in total. The summed E-state index contributed by atoms with van der Waals surface area (Å²) in [6, 6.07) is 12.5. The van der Waals surface area contributed by atoms with E-state index in [1.54, 1.807) is 16.3 Å². The van der Waals surface area contributed by atoms with Crippen molar-refractivity contribution in [3.63, 3.8) is 0 Å². The summed E-state index contributed by atoms with van der Waals surface area (Å²) < 4.78 is 0. The van der Waals surface area contributed by atoms with Gasteiger partial charge in [-0.2, -0.15) is 5.10 Å². The number of nitrogens with zero attached hydrogens (tertiary/aromatic N) is 2. The van der Waals surface area contributed by atoms with Crippen LogP contribution in [0.2, 0.25) is 0 Å². The second-order valence-electron chi connectivity index (χ2n) is 5.25. The zero-order chi connectivity index (χ0) is 14.8. The summed E-state index contributed by atoms with van der Waals surface area (Å²) in [5.41, 5.74) is 3.39. The Hall–Kier alpha value is -1.94. The average Bonchev–Trinajstić information content (AvgIpc) is 3.16. The first-order valence-corrected chi connectivity index (χ1v) is 8.07. The van der Waals surface area contributed by atoms with Crippen molar-refractivity contribution in [1.82, 2.24) is 5.01 Å². The lowest BCUT2D eigenvalue weighted by atomic mass is 10.00. The molecule has 0 saturated carbocycles. The highest BCUT2D eigenvalue weighted by Gasteiger charge is 2.32. The fourth-order valence-corrected chi connectivity index (χ4v) is 3.26. The van der Waals surface area contributed by atoms with E-state index in [1.807, 2.05) is 18.4 Å². The summed E-state index contributed by atoms with van der Waals surface area (Å²) in [6.07, 6.45) is 1.26. The number of hydrazone groups is 1. The molecule has 21 heavy (non-hydrogen) atoms. The van der Waals surface area contributed by atoms with Gasteiger partial charge in [-0.15, -0.1) is 11.3 Å². The lowest BCUT2D eigenvalue weighted by Gasteiger charge is -2.21. The number of benzene rings is 1. The highest BCUT2D eigenvalue weighted by molar-refractivity contribution is 7.12. The van der Waals surface area contributed by atoms with Gasteiger partial charge in [-0.1, -0.05) is 42.8 Å². The van der Waals surface area contributed by atoms with E-state index in [9.17, 15) is 4.79 Å². The fraction of sp³-hybridized carbons (Fsp3) is 0.294. The van der Waals surface area contributed by atoms with Gasteiger partial charge in [0, 0.05) is 12.8 Å². The van der Waals surface area contributed by atoms with Crippen LogP contribution in [0.25, 0.3) is 0 Å². The third-order valence-corrected chi connectivity index (χ3v) is 4.65. The summed E-state index contributed by atoms with van der Waals surface area (Å²) in [6.45, 7) is 3.95. The van der Waals surface area contributed by atoms with Gasteiger partial charge in [0.2, 0.25) is 5.91 Å². The molecule has 0 spiro atoms. The van der Waals surface area contributed by atoms with E-state index in [4.69, 9.17) is 0 Å². The zero-order valence-electron chi connectivity index (χ0n) is 12.2. The predicted molar refractivity (Wildman–Crippen MR) is 86.5 cm³/mol. The minimum atomic E-state index is 0.0233. The Morgan fingerprint density at radius 3 is 2.71 bits per heavy atom. The van der Waals surface area contributed by atoms with Crippen molar-refractivity contribution in [1.29, 1.82) is 0 Å². The standard InChI is InChI=1S/C17H18N2OS/c1-3-17(20)19-15(13-8-6-12(2)7-9-13)11-14(18-19)16-5-4-10-21-16/h4-10,15H,3,11H2,1-2H3/t15-/m1/s1. The van der Waals surface area contributed by atoms with Crippen molar-refractivity contribution < 1.29 is 4.79 Å². The Morgan fingerprint density at radius 1 is 1.33 bits per heavy atom. The van der Waals surface area contributed by atoms with Gasteiger partial charge in [0.05, 0.1) is 16.6 Å². The van der Waals surface area contributed by atoms with E-state index in [1.165, 1.54) is 5.56 Å². The van der Waals surface area contributed by atoms with Crippen molar-refractivity contribution in [2.75, 3.05) is 0 Å². The Labute approximate surface area is 128 Å². The van der Waals surface area contributed by atoms with Gasteiger partial charge in [0.25, 0.3) is 0 Å². The number of carbonyl (C=O) groups is 1. The summed E-state index contributed by atoms with van der Waals surface area (Å²) in [5.74, 6) is 0.0760. The molecule has 2 aromatic rings. The Morgan fingerprint density at radius 2 is 2.10 bits per heavy atom. The monoisotopic (exact) mass is 298 g/mol. The number of aryl methyl sites for hydroxylation is 1. The second-order valence-corrected chi connectivity index (χ2v) is 6.19. The van der Waals surface area contributed by atoms with Crippen LogP contribution in [0.3, 0.4) is 0 Å². The lowest BCUT2D eigenvalue weighted by Crippen LogP contribution is -2.26. The van der Waals surface area contributed by atoms with Gasteiger partial charge in [0.15, 0.2) is 0 Å². The molecule has 3 nitrogen and oxygen atoms in total. The first-order chi connectivity index (χ1) is 10.2. The quantitative estimate of drug-likeness (QED) is 0.838. The number of rotatable bonds is 3. The molecular weight excluding hydrogens is 280 g/mol. The largest absolute Gasteiger partial charge is 0.273 e. The molecule has 1 aromatic carbocycles. The molecule has 0 unspecified atom stereocenters. The first kappa shape index (κ1) is 14.0. The second kappa shape index (κ2) is 5.82. The highest BCUT2D eigenvalue weighted by atomic mass is 32.1. The molecular formula is C17H18N2OS. The maximum absolute atomic E-state index is 12.2. The number of amides is 1. The molecule has 2 heterocycles. The Balaban J connectivity index is 1.93. The highest BCUT2D eigenvalue weighted by Crippen LogP contribution is 2.34. The van der Waals surface area contributed by atoms with E-state index >= 15 is 0 Å². The summed E-state index contributed by atoms with van der Waals surface area (Å²) in [4.78, 5) is 13.4. The molecule has 0 radical (unpaired) electrons. The molecule has 0 saturated heterocycles. The molecule has 1 aromatic heterocycles. The summed E-state index contributed by atoms with van der Waals surface area (Å²) in [5, 5.41) is 8.30. The SMILES string of the molecule is CCC(=O)N1N=C(c2cccs2)C[C@@H]1c1ccc(C)cc1. The van der Waals surface area contributed by atoms with Crippen LogP contribution in [-0.2, 0) is 4.79 Å². The number of hydrogen-bond donors (Lipinski definition) is 0. The minimum Gasteiger partial charge on any atom is -0.273 e. The van der Waals surface area contributed by atoms with Crippen LogP contribution in [-0.4, -0.2) is 16.6 Å². The van der Waals surface area contributed by atoms with Gasteiger partial charge in [-0.25, -0.2) is 5.01 Å². The van der Waals surface area contributed by atoms with Gasteiger partial charge in [-0.3, -0.25) is 4.79 Å². The molecule has 0 aliphatic carbocycles. The number of thiophene rings is 1. The Bertz CT molecular complexity index is 659. The molecule has 108 valence electrons. The summed E-state index contributed by atoms with van der Waals surface area (Å²) in [7, 11) is 0. The van der Waals surface area contributed by atoms with E-state index in [0.29, 0.717) is 6.42 Å². The van der Waals surface area contributed by atoms with Crippen LogP contribution in [0.1, 0.15) is 41.8 Å². The molecule has 1 aliphatic heterocycles. The minimum absolute atomic E-state index is 0.0233. The zero-order valence-corrected chi connectivity index (χ0v) is 13.1.